The number of halogens is 7. The summed E-state index contributed by atoms with van der Waals surface area (Å²) < 4.78 is 83.9. The van der Waals surface area contributed by atoms with E-state index in [1.54, 1.807) is 35.7 Å². The van der Waals surface area contributed by atoms with Crippen LogP contribution in [0.5, 0.6) is 5.75 Å². The molecule has 1 atom stereocenters. The Labute approximate surface area is 190 Å². The first kappa shape index (κ1) is 22.9. The predicted molar refractivity (Wildman–Crippen MR) is 112 cm³/mol. The summed E-state index contributed by atoms with van der Waals surface area (Å²) in [6.07, 6.45) is -3.09. The van der Waals surface area contributed by atoms with Gasteiger partial charge in [-0.2, -0.15) is 22.0 Å². The van der Waals surface area contributed by atoms with E-state index in [-0.39, 0.29) is 5.82 Å². The van der Waals surface area contributed by atoms with Crippen LogP contribution in [0.4, 0.5) is 32.2 Å². The molecular formula is C19H15BrF6N2OS2. The van der Waals surface area contributed by atoms with Gasteiger partial charge >= 0.3 is 12.8 Å². The molecule has 0 saturated carbocycles. The molecule has 31 heavy (non-hydrogen) atoms. The normalized spacial score (nSPS) is 20.2. The summed E-state index contributed by atoms with van der Waals surface area (Å²) in [6.45, 7) is -3.33. The van der Waals surface area contributed by atoms with E-state index >= 15 is 4.39 Å². The molecule has 4 rings (SSSR count). The Balaban J connectivity index is 1.73. The predicted octanol–water partition coefficient (Wildman–Crippen LogP) is 7.18. The lowest BCUT2D eigenvalue weighted by Gasteiger charge is -2.39. The monoisotopic (exact) mass is 544 g/mol. The van der Waals surface area contributed by atoms with Gasteiger partial charge in [0, 0.05) is 23.3 Å². The second-order valence-electron chi connectivity index (χ2n) is 6.96. The summed E-state index contributed by atoms with van der Waals surface area (Å²) in [7, 11) is 0. The molecule has 0 radical (unpaired) electrons. The van der Waals surface area contributed by atoms with Crippen molar-refractivity contribution < 1.29 is 31.1 Å². The number of nitrogens with one attached hydrogen (secondary N) is 1. The number of hydrogen-bond acceptors (Lipinski definition) is 5. The number of fused-ring (bicyclic) bond motifs is 2. The molecule has 1 aromatic heterocycles. The third-order valence-corrected chi connectivity index (χ3v) is 9.25. The Morgan fingerprint density at radius 3 is 2.58 bits per heavy atom. The molecule has 1 aliphatic carbocycles. The van der Waals surface area contributed by atoms with Crippen molar-refractivity contribution in [3.8, 4) is 5.75 Å². The molecule has 168 valence electrons. The second kappa shape index (κ2) is 8.58. The molecule has 2 heterocycles. The van der Waals surface area contributed by atoms with Crippen LogP contribution in [0.25, 0.3) is 0 Å². The van der Waals surface area contributed by atoms with Crippen LogP contribution < -0.4 is 10.1 Å². The number of hydrogen-bond donors (Lipinski definition) is 1. The molecule has 1 unspecified atom stereocenters. The van der Waals surface area contributed by atoms with Crippen LogP contribution in [-0.4, -0.2) is 23.1 Å². The smallest absolute Gasteiger partial charge is 0.418 e. The number of rotatable bonds is 4. The van der Waals surface area contributed by atoms with Crippen LogP contribution in [0.3, 0.4) is 0 Å². The van der Waals surface area contributed by atoms with E-state index in [0.717, 1.165) is 11.5 Å². The molecule has 1 spiro atoms. The largest absolute Gasteiger partial charge is 0.431 e. The second-order valence-corrected chi connectivity index (χ2v) is 10.9. The van der Waals surface area contributed by atoms with Gasteiger partial charge in [-0.3, -0.25) is 0 Å². The average molecular weight is 545 g/mol. The molecular weight excluding hydrogens is 530 g/mol. The number of aromatic nitrogens is 1. The maximum atomic E-state index is 15.2. The van der Waals surface area contributed by atoms with Crippen molar-refractivity contribution in [3.63, 3.8) is 0 Å². The Morgan fingerprint density at radius 1 is 1.23 bits per heavy atom. The number of alkyl halides is 5. The summed E-state index contributed by atoms with van der Waals surface area (Å²) in [5, 5.41) is 2.91. The molecule has 0 bridgehead atoms. The Morgan fingerprint density at radius 2 is 1.94 bits per heavy atom. The number of pyridine rings is 1. The quantitative estimate of drug-likeness (QED) is 0.412. The molecule has 12 heteroatoms. The number of nitrogens with zero attached hydrogens (tertiary/aromatic N) is 1. The van der Waals surface area contributed by atoms with Crippen molar-refractivity contribution in [1.29, 1.82) is 0 Å². The molecule has 2 aromatic rings. The molecule has 2 aliphatic rings. The van der Waals surface area contributed by atoms with Gasteiger partial charge in [-0.1, -0.05) is 6.07 Å². The van der Waals surface area contributed by atoms with E-state index in [1.807, 2.05) is 0 Å². The topological polar surface area (TPSA) is 34.2 Å². The zero-order chi connectivity index (χ0) is 22.4. The number of ether oxygens (including phenoxy) is 1. The minimum absolute atomic E-state index is 0.254. The van der Waals surface area contributed by atoms with Crippen LogP contribution in [0.2, 0.25) is 0 Å². The van der Waals surface area contributed by atoms with Crippen molar-refractivity contribution in [3.05, 3.63) is 51.4 Å². The van der Waals surface area contributed by atoms with Crippen molar-refractivity contribution in [2.75, 3.05) is 16.8 Å². The van der Waals surface area contributed by atoms with Crippen LogP contribution in [0.15, 0.2) is 28.9 Å². The summed E-state index contributed by atoms with van der Waals surface area (Å²) in [4.78, 5) is 3.69. The highest BCUT2D eigenvalue weighted by Gasteiger charge is 2.46. The van der Waals surface area contributed by atoms with Crippen LogP contribution in [0.1, 0.15) is 35.6 Å². The first-order valence-electron chi connectivity index (χ1n) is 9.15. The summed E-state index contributed by atoms with van der Waals surface area (Å²) in [5.41, 5.74) is -0.0645. The van der Waals surface area contributed by atoms with Gasteiger partial charge in [0.25, 0.3) is 0 Å². The van der Waals surface area contributed by atoms with Crippen molar-refractivity contribution in [1.82, 2.24) is 4.98 Å². The zero-order valence-corrected chi connectivity index (χ0v) is 18.8. The number of benzene rings is 1. The van der Waals surface area contributed by atoms with E-state index in [2.05, 4.69) is 31.0 Å². The van der Waals surface area contributed by atoms with Crippen LogP contribution >= 0.6 is 39.5 Å². The van der Waals surface area contributed by atoms with E-state index in [9.17, 15) is 22.0 Å². The van der Waals surface area contributed by atoms with Crippen LogP contribution in [-0.2, 0) is 10.3 Å². The lowest BCUT2D eigenvalue weighted by molar-refractivity contribution is -0.138. The van der Waals surface area contributed by atoms with E-state index in [0.29, 0.717) is 40.7 Å². The van der Waals surface area contributed by atoms with Gasteiger partial charge < -0.3 is 10.1 Å². The molecule has 1 aromatic carbocycles. The lowest BCUT2D eigenvalue weighted by Crippen LogP contribution is -2.29. The maximum Gasteiger partial charge on any atom is 0.418 e. The molecule has 1 saturated heterocycles. The fraction of sp³-hybridized carbons (Fsp3) is 0.421. The van der Waals surface area contributed by atoms with E-state index in [4.69, 9.17) is 0 Å². The average Bonchev–Trinajstić information content (AvgIpc) is 3.15. The van der Waals surface area contributed by atoms with Crippen LogP contribution in [0, 0.1) is 5.82 Å². The van der Waals surface area contributed by atoms with E-state index < -0.39 is 40.0 Å². The highest BCUT2D eigenvalue weighted by molar-refractivity contribution is 9.10. The van der Waals surface area contributed by atoms with Gasteiger partial charge in [-0.05, 0) is 46.5 Å². The summed E-state index contributed by atoms with van der Waals surface area (Å²) in [5.74, 6) is 0.390. The molecule has 1 aliphatic heterocycles. The first-order valence-corrected chi connectivity index (χ1v) is 11.9. The zero-order valence-electron chi connectivity index (χ0n) is 15.6. The molecule has 1 N–H and O–H groups in total. The van der Waals surface area contributed by atoms with Gasteiger partial charge in [-0.15, -0.1) is 23.5 Å². The third-order valence-electron chi connectivity index (χ3n) is 5.11. The SMILES string of the molecule is Fc1c(Br)ccc2c1C1(CCC2Nc2ncc(C(F)(F)F)cc2OC(F)F)SCCS1. The van der Waals surface area contributed by atoms with Crippen molar-refractivity contribution in [2.24, 2.45) is 0 Å². The Hall–Kier alpha value is -1.27. The molecule has 3 nitrogen and oxygen atoms in total. The maximum absolute atomic E-state index is 15.2. The molecule has 1 fully saturated rings. The van der Waals surface area contributed by atoms with Gasteiger partial charge in [0.05, 0.1) is 20.2 Å². The highest BCUT2D eigenvalue weighted by Crippen LogP contribution is 2.60. The lowest BCUT2D eigenvalue weighted by atomic mass is 9.86. The Kier molecular flexibility index (Phi) is 6.34. The Bertz CT molecular complexity index is 985. The van der Waals surface area contributed by atoms with Gasteiger partial charge in [-0.25, -0.2) is 9.37 Å². The summed E-state index contributed by atoms with van der Waals surface area (Å²) in [6, 6.07) is 3.24. The summed E-state index contributed by atoms with van der Waals surface area (Å²) >= 11 is 6.55. The minimum atomic E-state index is -4.76. The fourth-order valence-corrected chi connectivity index (χ4v) is 7.53. The van der Waals surface area contributed by atoms with Gasteiger partial charge in [0.15, 0.2) is 11.6 Å². The van der Waals surface area contributed by atoms with Gasteiger partial charge in [0.1, 0.15) is 5.82 Å². The fourth-order valence-electron chi connectivity index (χ4n) is 3.81. The van der Waals surface area contributed by atoms with Crippen molar-refractivity contribution >= 4 is 45.3 Å². The molecule has 0 amide bonds. The first-order chi connectivity index (χ1) is 14.6. The standard InChI is InChI=1S/C19H15BrF6N2OS2/c20-11-2-1-10-12(3-4-18(14(10)15(11)21)30-5-6-31-18)28-16-13(29-17(22)23)7-9(8-27-16)19(24,25)26/h1-2,7-8,12,17H,3-6H2,(H,27,28). The number of thioether (sulfide) groups is 2. The highest BCUT2D eigenvalue weighted by atomic mass is 79.9. The van der Waals surface area contributed by atoms with E-state index in [1.165, 1.54) is 0 Å². The van der Waals surface area contributed by atoms with Gasteiger partial charge in [0.2, 0.25) is 0 Å². The minimum Gasteiger partial charge on any atom is -0.431 e. The number of anilines is 1. The van der Waals surface area contributed by atoms with Crippen molar-refractivity contribution in [2.45, 2.75) is 35.8 Å². The third kappa shape index (κ3) is 4.47.